The van der Waals surface area contributed by atoms with Crippen LogP contribution in [0.25, 0.3) is 5.57 Å². The van der Waals surface area contributed by atoms with Crippen LogP contribution in [0.2, 0.25) is 0 Å². The van der Waals surface area contributed by atoms with Crippen molar-refractivity contribution in [3.63, 3.8) is 0 Å². The van der Waals surface area contributed by atoms with Crippen LogP contribution >= 0.6 is 0 Å². The highest BCUT2D eigenvalue weighted by Crippen LogP contribution is 2.31. The molecule has 110 valence electrons. The molecule has 0 spiro atoms. The molecule has 1 aromatic rings. The molecule has 20 heavy (non-hydrogen) atoms. The Morgan fingerprint density at radius 3 is 2.95 bits per heavy atom. The van der Waals surface area contributed by atoms with Gasteiger partial charge in [-0.2, -0.15) is 5.10 Å². The summed E-state index contributed by atoms with van der Waals surface area (Å²) in [5, 5.41) is 14.0. The summed E-state index contributed by atoms with van der Waals surface area (Å²) in [6, 6.07) is 0. The van der Waals surface area contributed by atoms with Crippen molar-refractivity contribution >= 4 is 5.57 Å². The average molecular weight is 275 g/mol. The number of nitrogens with zero attached hydrogens (tertiary/aromatic N) is 3. The molecule has 0 saturated heterocycles. The van der Waals surface area contributed by atoms with Crippen LogP contribution in [0.15, 0.2) is 18.5 Å². The van der Waals surface area contributed by atoms with E-state index >= 15 is 0 Å². The molecule has 1 N–H and O–H groups in total. The first-order valence-electron chi connectivity index (χ1n) is 7.87. The third kappa shape index (κ3) is 3.49. The van der Waals surface area contributed by atoms with Crippen LogP contribution in [-0.2, 0) is 6.54 Å². The zero-order chi connectivity index (χ0) is 13.9. The van der Waals surface area contributed by atoms with E-state index in [0.717, 1.165) is 25.3 Å². The maximum Gasteiger partial charge on any atom is 0.0733 e. The number of hydrogen-bond donors (Lipinski definition) is 1. The SMILES string of the molecule is CCC(O)Cn1cc(C2=CCN(CC3CC3)CC2)cn1. The van der Waals surface area contributed by atoms with Gasteiger partial charge < -0.3 is 5.11 Å². The predicted octanol–water partition coefficient (Wildman–Crippen LogP) is 2.15. The van der Waals surface area contributed by atoms with Crippen molar-refractivity contribution in [1.82, 2.24) is 14.7 Å². The average Bonchev–Trinajstić information content (AvgIpc) is 3.16. The fraction of sp³-hybridized carbons (Fsp3) is 0.688. The van der Waals surface area contributed by atoms with Crippen LogP contribution in [0.5, 0.6) is 0 Å². The van der Waals surface area contributed by atoms with E-state index in [2.05, 4.69) is 22.3 Å². The largest absolute Gasteiger partial charge is 0.391 e. The molecule has 0 amide bonds. The number of rotatable bonds is 6. The summed E-state index contributed by atoms with van der Waals surface area (Å²) in [7, 11) is 0. The molecule has 1 saturated carbocycles. The Labute approximate surface area is 121 Å². The lowest BCUT2D eigenvalue weighted by molar-refractivity contribution is 0.145. The first-order chi connectivity index (χ1) is 9.74. The van der Waals surface area contributed by atoms with Crippen molar-refractivity contribution in [2.24, 2.45) is 5.92 Å². The van der Waals surface area contributed by atoms with Crippen LogP contribution in [0.3, 0.4) is 0 Å². The van der Waals surface area contributed by atoms with Gasteiger partial charge in [-0.25, -0.2) is 0 Å². The summed E-state index contributed by atoms with van der Waals surface area (Å²) in [6.45, 7) is 6.12. The minimum absolute atomic E-state index is 0.294. The van der Waals surface area contributed by atoms with Crippen LogP contribution in [0.1, 0.15) is 38.2 Å². The van der Waals surface area contributed by atoms with Crippen molar-refractivity contribution in [3.05, 3.63) is 24.0 Å². The quantitative estimate of drug-likeness (QED) is 0.865. The summed E-state index contributed by atoms with van der Waals surface area (Å²) in [5.41, 5.74) is 2.63. The Kier molecular flexibility index (Phi) is 4.22. The fourth-order valence-electron chi connectivity index (χ4n) is 2.78. The molecule has 2 heterocycles. The van der Waals surface area contributed by atoms with Gasteiger partial charge in [0, 0.05) is 31.4 Å². The number of hydrogen-bond acceptors (Lipinski definition) is 3. The van der Waals surface area contributed by atoms with Crippen LogP contribution < -0.4 is 0 Å². The molecule has 3 rings (SSSR count). The second-order valence-corrected chi connectivity index (χ2v) is 6.20. The normalized spacial score (nSPS) is 21.8. The van der Waals surface area contributed by atoms with Crippen LogP contribution in [0.4, 0.5) is 0 Å². The van der Waals surface area contributed by atoms with E-state index in [1.54, 1.807) is 0 Å². The van der Waals surface area contributed by atoms with Gasteiger partial charge in [0.2, 0.25) is 0 Å². The summed E-state index contributed by atoms with van der Waals surface area (Å²) < 4.78 is 1.86. The topological polar surface area (TPSA) is 41.3 Å². The van der Waals surface area contributed by atoms with Gasteiger partial charge in [-0.3, -0.25) is 9.58 Å². The van der Waals surface area contributed by atoms with E-state index < -0.39 is 0 Å². The molecule has 2 aliphatic rings. The molecular weight excluding hydrogens is 250 g/mol. The first kappa shape index (κ1) is 13.8. The summed E-state index contributed by atoms with van der Waals surface area (Å²) in [4.78, 5) is 2.56. The molecular formula is C16H25N3O. The molecule has 1 aliphatic heterocycles. The minimum Gasteiger partial charge on any atom is -0.391 e. The van der Waals surface area contributed by atoms with Crippen molar-refractivity contribution in [2.75, 3.05) is 19.6 Å². The van der Waals surface area contributed by atoms with E-state index in [1.165, 1.54) is 37.1 Å². The first-order valence-corrected chi connectivity index (χ1v) is 7.87. The molecule has 0 bridgehead atoms. The third-order valence-electron chi connectivity index (χ3n) is 4.38. The lowest BCUT2D eigenvalue weighted by atomic mass is 10.0. The highest BCUT2D eigenvalue weighted by molar-refractivity contribution is 5.65. The zero-order valence-electron chi connectivity index (χ0n) is 12.3. The van der Waals surface area contributed by atoms with E-state index in [1.807, 2.05) is 17.8 Å². The van der Waals surface area contributed by atoms with E-state index in [0.29, 0.717) is 6.54 Å². The van der Waals surface area contributed by atoms with Crippen molar-refractivity contribution in [3.8, 4) is 0 Å². The van der Waals surface area contributed by atoms with Gasteiger partial charge in [-0.1, -0.05) is 13.0 Å². The Morgan fingerprint density at radius 2 is 2.30 bits per heavy atom. The minimum atomic E-state index is -0.294. The van der Waals surface area contributed by atoms with Gasteiger partial charge in [-0.15, -0.1) is 0 Å². The Morgan fingerprint density at radius 1 is 1.45 bits per heavy atom. The predicted molar refractivity (Wildman–Crippen MR) is 80.3 cm³/mol. The zero-order valence-corrected chi connectivity index (χ0v) is 12.3. The monoisotopic (exact) mass is 275 g/mol. The smallest absolute Gasteiger partial charge is 0.0733 e. The van der Waals surface area contributed by atoms with Gasteiger partial charge in [0.1, 0.15) is 0 Å². The highest BCUT2D eigenvalue weighted by atomic mass is 16.3. The van der Waals surface area contributed by atoms with Crippen molar-refractivity contribution in [1.29, 1.82) is 0 Å². The molecule has 4 heteroatoms. The molecule has 1 unspecified atom stereocenters. The van der Waals surface area contributed by atoms with Gasteiger partial charge in [0.05, 0.1) is 18.8 Å². The van der Waals surface area contributed by atoms with E-state index in [4.69, 9.17) is 0 Å². The highest BCUT2D eigenvalue weighted by Gasteiger charge is 2.25. The summed E-state index contributed by atoms with van der Waals surface area (Å²) >= 11 is 0. The molecule has 1 atom stereocenters. The second-order valence-electron chi connectivity index (χ2n) is 6.20. The molecule has 1 aliphatic carbocycles. The lowest BCUT2D eigenvalue weighted by Gasteiger charge is -2.25. The Bertz CT molecular complexity index is 476. The molecule has 1 fully saturated rings. The van der Waals surface area contributed by atoms with Crippen molar-refractivity contribution in [2.45, 2.75) is 45.3 Å². The van der Waals surface area contributed by atoms with Gasteiger partial charge in [0.15, 0.2) is 0 Å². The summed E-state index contributed by atoms with van der Waals surface area (Å²) in [5.74, 6) is 0.975. The standard InChI is InChI=1S/C16H25N3O/c1-2-16(20)12-19-11-15(9-17-19)14-5-7-18(8-6-14)10-13-3-4-13/h5,9,11,13,16,20H,2-4,6-8,10,12H2,1H3. The number of aliphatic hydroxyl groups excluding tert-OH is 1. The van der Waals surface area contributed by atoms with Gasteiger partial charge in [-0.05, 0) is 37.2 Å². The van der Waals surface area contributed by atoms with Crippen LogP contribution in [-0.4, -0.2) is 45.5 Å². The Balaban J connectivity index is 1.57. The lowest BCUT2D eigenvalue weighted by Crippen LogP contribution is -2.30. The molecule has 4 nitrogen and oxygen atoms in total. The van der Waals surface area contributed by atoms with E-state index in [-0.39, 0.29) is 6.10 Å². The third-order valence-corrected chi connectivity index (χ3v) is 4.38. The Hall–Kier alpha value is -1.13. The maximum absolute atomic E-state index is 9.67. The summed E-state index contributed by atoms with van der Waals surface area (Å²) in [6.07, 6.45) is 10.8. The number of aromatic nitrogens is 2. The second kappa shape index (κ2) is 6.10. The fourth-order valence-corrected chi connectivity index (χ4v) is 2.78. The van der Waals surface area contributed by atoms with Gasteiger partial charge in [0.25, 0.3) is 0 Å². The van der Waals surface area contributed by atoms with E-state index in [9.17, 15) is 5.11 Å². The number of aliphatic hydroxyl groups is 1. The molecule has 0 radical (unpaired) electrons. The molecule has 1 aromatic heterocycles. The maximum atomic E-state index is 9.67. The van der Waals surface area contributed by atoms with Crippen molar-refractivity contribution < 1.29 is 5.11 Å². The van der Waals surface area contributed by atoms with Gasteiger partial charge >= 0.3 is 0 Å². The van der Waals surface area contributed by atoms with Crippen LogP contribution in [0, 0.1) is 5.92 Å². The molecule has 0 aromatic carbocycles.